The van der Waals surface area contributed by atoms with E-state index in [9.17, 15) is 4.79 Å². The standard InChI is InChI=1S/C18H28O3/c1-5-6-7-8-9-15-10-12-16(13-11-15)20-14-17(19)21-18(2,3)4/h10-13H,5-9,14H2,1-4H3. The smallest absolute Gasteiger partial charge is 0.344 e. The topological polar surface area (TPSA) is 35.5 Å². The summed E-state index contributed by atoms with van der Waals surface area (Å²) in [7, 11) is 0. The summed E-state index contributed by atoms with van der Waals surface area (Å²) in [5.41, 5.74) is 0.846. The molecule has 1 rings (SSSR count). The van der Waals surface area contributed by atoms with Crippen molar-refractivity contribution in [2.24, 2.45) is 0 Å². The van der Waals surface area contributed by atoms with Gasteiger partial charge in [-0.15, -0.1) is 0 Å². The van der Waals surface area contributed by atoms with E-state index in [0.29, 0.717) is 5.75 Å². The van der Waals surface area contributed by atoms with Crippen molar-refractivity contribution in [2.45, 2.75) is 65.4 Å². The summed E-state index contributed by atoms with van der Waals surface area (Å²) in [5, 5.41) is 0. The van der Waals surface area contributed by atoms with Crippen LogP contribution in [0.25, 0.3) is 0 Å². The van der Waals surface area contributed by atoms with E-state index in [4.69, 9.17) is 9.47 Å². The van der Waals surface area contributed by atoms with Crippen LogP contribution >= 0.6 is 0 Å². The Labute approximate surface area is 128 Å². The molecule has 3 nitrogen and oxygen atoms in total. The van der Waals surface area contributed by atoms with Gasteiger partial charge in [-0.3, -0.25) is 0 Å². The van der Waals surface area contributed by atoms with Crippen LogP contribution in [0.15, 0.2) is 24.3 Å². The molecule has 0 bridgehead atoms. The van der Waals surface area contributed by atoms with Crippen molar-refractivity contribution < 1.29 is 14.3 Å². The fourth-order valence-electron chi connectivity index (χ4n) is 2.02. The first kappa shape index (κ1) is 17.5. The van der Waals surface area contributed by atoms with Crippen LogP contribution in [0.4, 0.5) is 0 Å². The van der Waals surface area contributed by atoms with Crippen molar-refractivity contribution in [1.82, 2.24) is 0 Å². The van der Waals surface area contributed by atoms with E-state index in [1.54, 1.807) is 0 Å². The highest BCUT2D eigenvalue weighted by molar-refractivity contribution is 5.71. The Morgan fingerprint density at radius 3 is 2.29 bits per heavy atom. The summed E-state index contributed by atoms with van der Waals surface area (Å²) in [4.78, 5) is 11.6. The third kappa shape index (κ3) is 8.38. The molecule has 0 unspecified atom stereocenters. The molecular weight excluding hydrogens is 264 g/mol. The lowest BCUT2D eigenvalue weighted by atomic mass is 10.1. The molecule has 0 N–H and O–H groups in total. The summed E-state index contributed by atoms with van der Waals surface area (Å²) >= 11 is 0. The molecule has 0 saturated heterocycles. The molecule has 0 aromatic heterocycles. The van der Waals surface area contributed by atoms with Gasteiger partial charge in [0.05, 0.1) is 0 Å². The minimum Gasteiger partial charge on any atom is -0.482 e. The van der Waals surface area contributed by atoms with E-state index in [1.165, 1.54) is 31.2 Å². The molecule has 0 fully saturated rings. The molecule has 0 aliphatic rings. The van der Waals surface area contributed by atoms with E-state index < -0.39 is 5.60 Å². The minimum atomic E-state index is -0.469. The minimum absolute atomic E-state index is 0.0485. The zero-order valence-electron chi connectivity index (χ0n) is 13.8. The van der Waals surface area contributed by atoms with Crippen molar-refractivity contribution in [3.05, 3.63) is 29.8 Å². The van der Waals surface area contributed by atoms with Crippen LogP contribution in [0, 0.1) is 0 Å². The van der Waals surface area contributed by atoms with Crippen LogP contribution in [0.3, 0.4) is 0 Å². The number of benzene rings is 1. The molecule has 3 heteroatoms. The SMILES string of the molecule is CCCCCCc1ccc(OCC(=O)OC(C)(C)C)cc1. The predicted octanol–water partition coefficient (Wildman–Crippen LogP) is 4.53. The Hall–Kier alpha value is -1.51. The lowest BCUT2D eigenvalue weighted by Gasteiger charge is -2.19. The Kier molecular flexibility index (Phi) is 7.27. The largest absolute Gasteiger partial charge is 0.482 e. The Morgan fingerprint density at radius 1 is 1.05 bits per heavy atom. The van der Waals surface area contributed by atoms with Gasteiger partial charge in [-0.05, 0) is 51.3 Å². The van der Waals surface area contributed by atoms with Gasteiger partial charge in [0.15, 0.2) is 6.61 Å². The zero-order valence-corrected chi connectivity index (χ0v) is 13.8. The number of rotatable bonds is 8. The fourth-order valence-corrected chi connectivity index (χ4v) is 2.02. The Bertz CT molecular complexity index is 415. The summed E-state index contributed by atoms with van der Waals surface area (Å²) in [6.45, 7) is 7.71. The lowest BCUT2D eigenvalue weighted by molar-refractivity contribution is -0.157. The number of carbonyl (C=O) groups excluding carboxylic acids is 1. The maximum atomic E-state index is 11.6. The van der Waals surface area contributed by atoms with Crippen LogP contribution in [0.2, 0.25) is 0 Å². The average Bonchev–Trinajstić information content (AvgIpc) is 2.41. The van der Waals surface area contributed by atoms with E-state index in [-0.39, 0.29) is 12.6 Å². The highest BCUT2D eigenvalue weighted by Crippen LogP contribution is 2.15. The van der Waals surface area contributed by atoms with Crippen molar-refractivity contribution in [3.63, 3.8) is 0 Å². The third-order valence-corrected chi connectivity index (χ3v) is 3.02. The first-order valence-corrected chi connectivity index (χ1v) is 7.84. The molecule has 0 spiro atoms. The highest BCUT2D eigenvalue weighted by atomic mass is 16.6. The van der Waals surface area contributed by atoms with Crippen molar-refractivity contribution in [2.75, 3.05) is 6.61 Å². The predicted molar refractivity (Wildman–Crippen MR) is 85.6 cm³/mol. The molecule has 0 heterocycles. The third-order valence-electron chi connectivity index (χ3n) is 3.02. The molecular formula is C18H28O3. The Morgan fingerprint density at radius 2 is 1.71 bits per heavy atom. The first-order valence-electron chi connectivity index (χ1n) is 7.84. The van der Waals surface area contributed by atoms with Gasteiger partial charge in [0, 0.05) is 0 Å². The van der Waals surface area contributed by atoms with Crippen LogP contribution in [-0.2, 0) is 16.0 Å². The maximum absolute atomic E-state index is 11.6. The zero-order chi connectivity index (χ0) is 15.7. The molecule has 21 heavy (non-hydrogen) atoms. The molecule has 118 valence electrons. The number of unbranched alkanes of at least 4 members (excludes halogenated alkanes) is 3. The summed E-state index contributed by atoms with van der Waals surface area (Å²) in [6.07, 6.45) is 6.18. The van der Waals surface area contributed by atoms with Gasteiger partial charge in [0.2, 0.25) is 0 Å². The first-order chi connectivity index (χ1) is 9.90. The molecule has 0 saturated carbocycles. The summed E-state index contributed by atoms with van der Waals surface area (Å²) in [5.74, 6) is 0.365. The van der Waals surface area contributed by atoms with Crippen LogP contribution < -0.4 is 4.74 Å². The van der Waals surface area contributed by atoms with Gasteiger partial charge in [-0.2, -0.15) is 0 Å². The molecule has 0 amide bonds. The molecule has 0 aliphatic heterocycles. The summed E-state index contributed by atoms with van der Waals surface area (Å²) < 4.78 is 10.6. The number of aryl methyl sites for hydroxylation is 1. The average molecular weight is 292 g/mol. The van der Waals surface area contributed by atoms with Crippen LogP contribution in [0.5, 0.6) is 5.75 Å². The second-order valence-corrected chi connectivity index (χ2v) is 6.33. The quantitative estimate of drug-likeness (QED) is 0.521. The molecule has 0 radical (unpaired) electrons. The molecule has 1 aromatic rings. The number of esters is 1. The second-order valence-electron chi connectivity index (χ2n) is 6.33. The van der Waals surface area contributed by atoms with E-state index in [1.807, 2.05) is 32.9 Å². The lowest BCUT2D eigenvalue weighted by Crippen LogP contribution is -2.27. The number of hydrogen-bond donors (Lipinski definition) is 0. The van der Waals surface area contributed by atoms with Gasteiger partial charge in [-0.1, -0.05) is 38.3 Å². The van der Waals surface area contributed by atoms with E-state index in [2.05, 4.69) is 19.1 Å². The number of ether oxygens (including phenoxy) is 2. The summed E-state index contributed by atoms with van der Waals surface area (Å²) in [6, 6.07) is 7.96. The normalized spacial score (nSPS) is 11.2. The second kappa shape index (κ2) is 8.71. The van der Waals surface area contributed by atoms with Gasteiger partial charge < -0.3 is 9.47 Å². The van der Waals surface area contributed by atoms with E-state index in [0.717, 1.165) is 6.42 Å². The molecule has 0 aliphatic carbocycles. The van der Waals surface area contributed by atoms with Crippen molar-refractivity contribution in [3.8, 4) is 5.75 Å². The number of carbonyl (C=O) groups is 1. The van der Waals surface area contributed by atoms with Gasteiger partial charge in [0.1, 0.15) is 11.4 Å². The van der Waals surface area contributed by atoms with Gasteiger partial charge in [0.25, 0.3) is 0 Å². The van der Waals surface area contributed by atoms with Crippen LogP contribution in [0.1, 0.15) is 58.9 Å². The fraction of sp³-hybridized carbons (Fsp3) is 0.611. The van der Waals surface area contributed by atoms with Gasteiger partial charge >= 0.3 is 5.97 Å². The van der Waals surface area contributed by atoms with Crippen LogP contribution in [-0.4, -0.2) is 18.2 Å². The molecule has 1 aromatic carbocycles. The Balaban J connectivity index is 2.32. The van der Waals surface area contributed by atoms with Gasteiger partial charge in [-0.25, -0.2) is 4.79 Å². The highest BCUT2D eigenvalue weighted by Gasteiger charge is 2.16. The number of hydrogen-bond acceptors (Lipinski definition) is 3. The van der Waals surface area contributed by atoms with E-state index >= 15 is 0 Å². The van der Waals surface area contributed by atoms with Crippen molar-refractivity contribution in [1.29, 1.82) is 0 Å². The molecule has 0 atom stereocenters. The van der Waals surface area contributed by atoms with Crippen molar-refractivity contribution >= 4 is 5.97 Å². The monoisotopic (exact) mass is 292 g/mol. The maximum Gasteiger partial charge on any atom is 0.344 e.